The first-order chi connectivity index (χ1) is 30.3. The van der Waals surface area contributed by atoms with Crippen LogP contribution in [0.4, 0.5) is 0 Å². The highest BCUT2D eigenvalue weighted by atomic mass is 16.4. The molecule has 0 spiro atoms. The molecule has 0 unspecified atom stereocenters. The highest BCUT2D eigenvalue weighted by Crippen LogP contribution is 2.18. The zero-order chi connectivity index (χ0) is 48.5. The second-order valence-corrected chi connectivity index (χ2v) is 16.1. The minimum Gasteiger partial charge on any atom is -0.481 e. The van der Waals surface area contributed by atoms with E-state index in [0.29, 0.717) is 32.1 Å². The van der Waals surface area contributed by atoms with Crippen LogP contribution in [0.2, 0.25) is 0 Å². The molecule has 21 nitrogen and oxygen atoms in total. The SMILES string of the molecule is CN[C@@H](CCCCNC(=O)CC[C@H](CC(=O)CC[C@H](NC(=O)CC[C@H](CC(=O)CC[C@H](NC(=O)CCCCCCCCCCCCC(=O)O)C(=O)O)C(=O)O)C(=O)O)C(=O)O)C(=O)O. The van der Waals surface area contributed by atoms with E-state index in [1.807, 2.05) is 0 Å². The Kier molecular flexibility index (Phi) is 32.0. The van der Waals surface area contributed by atoms with Crippen LogP contribution in [0, 0.1) is 11.8 Å². The number of ketones is 2. The van der Waals surface area contributed by atoms with Crippen molar-refractivity contribution in [1.82, 2.24) is 21.3 Å². The standard InChI is InChI=1S/C43H70N4O17/c1-44-32(41(59)60)14-12-13-25-45-35(50)23-17-28(39(55)56)26-30(48)20-22-34(43(63)64)47-37(52)24-18-29(40(57)58)27-31(49)19-21-33(42(61)62)46-36(51)15-10-8-6-4-2-3-5-7-9-11-16-38(53)54/h28-29,32-34,44H,2-27H2,1H3,(H,45,50)(H,46,51)(H,47,52)(H,53,54)(H,55,56)(H,57,58)(H,59,60)(H,61,62)(H,63,64)/t28-,29-,32+,33+,34+/m1/s1. The van der Waals surface area contributed by atoms with E-state index in [1.165, 1.54) is 7.05 Å². The van der Waals surface area contributed by atoms with Crippen LogP contribution in [0.25, 0.3) is 0 Å². The number of rotatable bonds is 42. The molecule has 5 atom stereocenters. The Balaban J connectivity index is 4.68. The van der Waals surface area contributed by atoms with Crippen LogP contribution in [0.3, 0.4) is 0 Å². The predicted octanol–water partition coefficient (Wildman–Crippen LogP) is 3.29. The third kappa shape index (κ3) is 30.6. The number of hydrogen-bond donors (Lipinski definition) is 10. The summed E-state index contributed by atoms with van der Waals surface area (Å²) in [4.78, 5) is 131. The molecule has 364 valence electrons. The fraction of sp³-hybridized carbons (Fsp3) is 0.744. The molecule has 0 heterocycles. The first-order valence-electron chi connectivity index (χ1n) is 22.2. The summed E-state index contributed by atoms with van der Waals surface area (Å²) in [6.45, 7) is 0.242. The lowest BCUT2D eigenvalue weighted by molar-refractivity contribution is -0.145. The van der Waals surface area contributed by atoms with Crippen molar-refractivity contribution in [2.24, 2.45) is 11.8 Å². The fourth-order valence-corrected chi connectivity index (χ4v) is 6.81. The van der Waals surface area contributed by atoms with E-state index in [9.17, 15) is 73.2 Å². The number of nitrogens with one attached hydrogen (secondary N) is 4. The van der Waals surface area contributed by atoms with Crippen molar-refractivity contribution in [1.29, 1.82) is 0 Å². The third-order valence-corrected chi connectivity index (χ3v) is 10.7. The normalized spacial score (nSPS) is 13.3. The van der Waals surface area contributed by atoms with Gasteiger partial charge in [0.15, 0.2) is 0 Å². The average Bonchev–Trinajstić information content (AvgIpc) is 3.21. The third-order valence-electron chi connectivity index (χ3n) is 10.7. The van der Waals surface area contributed by atoms with E-state index in [0.717, 1.165) is 51.4 Å². The molecule has 0 saturated carbocycles. The lowest BCUT2D eigenvalue weighted by Gasteiger charge is -2.17. The molecular weight excluding hydrogens is 844 g/mol. The highest BCUT2D eigenvalue weighted by molar-refractivity contribution is 5.88. The van der Waals surface area contributed by atoms with Crippen LogP contribution in [-0.2, 0) is 52.7 Å². The van der Waals surface area contributed by atoms with Crippen molar-refractivity contribution in [3.63, 3.8) is 0 Å². The van der Waals surface area contributed by atoms with Gasteiger partial charge in [0.05, 0.1) is 11.8 Å². The van der Waals surface area contributed by atoms with Gasteiger partial charge in [-0.05, 0) is 64.8 Å². The Morgan fingerprint density at radius 3 is 1.16 bits per heavy atom. The first-order valence-corrected chi connectivity index (χ1v) is 22.2. The smallest absolute Gasteiger partial charge is 0.326 e. The maximum absolute atomic E-state index is 12.7. The van der Waals surface area contributed by atoms with Crippen molar-refractivity contribution in [2.75, 3.05) is 13.6 Å². The van der Waals surface area contributed by atoms with Crippen molar-refractivity contribution in [3.05, 3.63) is 0 Å². The molecule has 10 N–H and O–H groups in total. The van der Waals surface area contributed by atoms with E-state index in [1.54, 1.807) is 0 Å². The first kappa shape index (κ1) is 58.5. The largest absolute Gasteiger partial charge is 0.481 e. The van der Waals surface area contributed by atoms with Gasteiger partial charge in [-0.3, -0.25) is 43.2 Å². The minimum atomic E-state index is -1.58. The van der Waals surface area contributed by atoms with Gasteiger partial charge in [0.2, 0.25) is 17.7 Å². The number of unbranched alkanes of at least 4 members (excludes halogenated alkanes) is 10. The number of likely N-dealkylation sites (N-methyl/N-ethyl adjacent to an activating group) is 1. The van der Waals surface area contributed by atoms with Crippen LogP contribution in [0.15, 0.2) is 0 Å². The second-order valence-electron chi connectivity index (χ2n) is 16.1. The van der Waals surface area contributed by atoms with Gasteiger partial charge in [0.25, 0.3) is 0 Å². The number of aliphatic carboxylic acids is 6. The van der Waals surface area contributed by atoms with Gasteiger partial charge in [-0.2, -0.15) is 0 Å². The van der Waals surface area contributed by atoms with Crippen molar-refractivity contribution < 1.29 is 83.4 Å². The zero-order valence-corrected chi connectivity index (χ0v) is 36.9. The molecule has 0 aliphatic carbocycles. The Labute approximate surface area is 373 Å². The molecule has 0 radical (unpaired) electrons. The summed E-state index contributed by atoms with van der Waals surface area (Å²) in [6.07, 6.45) is 6.70. The number of carboxylic acids is 6. The molecule has 0 fully saturated rings. The van der Waals surface area contributed by atoms with Gasteiger partial charge in [-0.25, -0.2) is 9.59 Å². The molecule has 64 heavy (non-hydrogen) atoms. The maximum Gasteiger partial charge on any atom is 0.326 e. The molecular formula is C43H70N4O17. The number of Topliss-reactive ketones (excluding diaryl/α,β-unsaturated/α-hetero) is 2. The summed E-state index contributed by atoms with van der Waals surface area (Å²) in [5.41, 5.74) is 0. The Hall–Kier alpha value is -5.47. The minimum absolute atomic E-state index is 0.0943. The number of carbonyl (C=O) groups is 11. The van der Waals surface area contributed by atoms with Crippen molar-refractivity contribution >= 4 is 65.1 Å². The number of carbonyl (C=O) groups excluding carboxylic acids is 5. The van der Waals surface area contributed by atoms with Crippen molar-refractivity contribution in [3.8, 4) is 0 Å². The highest BCUT2D eigenvalue weighted by Gasteiger charge is 2.28. The topological polar surface area (TPSA) is 357 Å². The molecule has 0 aromatic heterocycles. The van der Waals surface area contributed by atoms with Crippen molar-refractivity contribution in [2.45, 2.75) is 179 Å². The average molecular weight is 915 g/mol. The predicted molar refractivity (Wildman–Crippen MR) is 228 cm³/mol. The summed E-state index contributed by atoms with van der Waals surface area (Å²) in [5, 5.41) is 66.0. The quantitative estimate of drug-likeness (QED) is 0.0393. The lowest BCUT2D eigenvalue weighted by atomic mass is 9.93. The van der Waals surface area contributed by atoms with Crippen LogP contribution < -0.4 is 21.3 Å². The van der Waals surface area contributed by atoms with Crippen LogP contribution in [0.1, 0.15) is 161 Å². The van der Waals surface area contributed by atoms with E-state index >= 15 is 0 Å². The number of carboxylic acid groups (broad SMARTS) is 6. The van der Waals surface area contributed by atoms with Gasteiger partial charge < -0.3 is 51.9 Å². The summed E-state index contributed by atoms with van der Waals surface area (Å²) >= 11 is 0. The molecule has 0 bridgehead atoms. The summed E-state index contributed by atoms with van der Waals surface area (Å²) in [6, 6.07) is -3.68. The number of amides is 3. The molecule has 0 aromatic carbocycles. The zero-order valence-electron chi connectivity index (χ0n) is 36.9. The van der Waals surface area contributed by atoms with Crippen LogP contribution in [0.5, 0.6) is 0 Å². The van der Waals surface area contributed by atoms with Gasteiger partial charge in [0.1, 0.15) is 29.7 Å². The monoisotopic (exact) mass is 914 g/mol. The second kappa shape index (κ2) is 34.9. The van der Waals surface area contributed by atoms with Gasteiger partial charge in [0, 0.05) is 57.9 Å². The van der Waals surface area contributed by atoms with Gasteiger partial charge in [-0.15, -0.1) is 0 Å². The fourth-order valence-electron chi connectivity index (χ4n) is 6.81. The molecule has 0 aromatic rings. The van der Waals surface area contributed by atoms with Gasteiger partial charge >= 0.3 is 35.8 Å². The Morgan fingerprint density at radius 1 is 0.375 bits per heavy atom. The van der Waals surface area contributed by atoms with Gasteiger partial charge in [-0.1, -0.05) is 51.4 Å². The molecule has 0 aliphatic rings. The maximum atomic E-state index is 12.7. The summed E-state index contributed by atoms with van der Waals surface area (Å²) < 4.78 is 0. The van der Waals surface area contributed by atoms with Crippen LogP contribution >= 0.6 is 0 Å². The Bertz CT molecular complexity index is 1540. The molecule has 0 rings (SSSR count). The van der Waals surface area contributed by atoms with Crippen LogP contribution in [-0.4, -0.2) is 127 Å². The van der Waals surface area contributed by atoms with E-state index < -0.39 is 127 Å². The van der Waals surface area contributed by atoms with E-state index in [-0.39, 0.29) is 51.5 Å². The Morgan fingerprint density at radius 2 is 0.766 bits per heavy atom. The molecule has 3 amide bonds. The summed E-state index contributed by atoms with van der Waals surface area (Å²) in [7, 11) is 1.52. The molecule has 21 heteroatoms. The van der Waals surface area contributed by atoms with E-state index in [2.05, 4.69) is 21.3 Å². The summed E-state index contributed by atoms with van der Waals surface area (Å²) in [5.74, 6) is -13.1. The lowest BCUT2D eigenvalue weighted by Crippen LogP contribution is -2.41. The van der Waals surface area contributed by atoms with E-state index in [4.69, 9.17) is 10.2 Å². The molecule has 0 saturated heterocycles. The molecule has 0 aliphatic heterocycles. The number of hydrogen-bond acceptors (Lipinski definition) is 12.